The molecule has 2 rings (SSSR count). The van der Waals surface area contributed by atoms with Crippen molar-refractivity contribution >= 4 is 50.7 Å². The molecule has 0 aromatic heterocycles. The molecular formula is C15H12BrCl2NO2. The fourth-order valence-corrected chi connectivity index (χ4v) is 2.34. The number of ether oxygens (including phenoxy) is 1. The lowest BCUT2D eigenvalue weighted by Gasteiger charge is -2.15. The number of hydrogen-bond donors (Lipinski definition) is 1. The molecule has 1 amide bonds. The summed E-state index contributed by atoms with van der Waals surface area (Å²) in [5.74, 6) is 0.295. The molecule has 21 heavy (non-hydrogen) atoms. The van der Waals surface area contributed by atoms with Crippen molar-refractivity contribution in [1.82, 2.24) is 0 Å². The third kappa shape index (κ3) is 4.63. The predicted octanol–water partition coefficient (Wildman–Crippen LogP) is 5.16. The standard InChI is InChI=1S/C15H12BrCl2NO2/c1-9(21-12-4-2-3-10(16)7-12)15(20)19-14-8-11(17)5-6-13(14)18/h2-9H,1H3,(H,19,20)/t9-/m1/s1. The van der Waals surface area contributed by atoms with Gasteiger partial charge in [0.05, 0.1) is 10.7 Å². The van der Waals surface area contributed by atoms with Crippen LogP contribution in [0.1, 0.15) is 6.92 Å². The van der Waals surface area contributed by atoms with Crippen LogP contribution in [0.4, 0.5) is 5.69 Å². The highest BCUT2D eigenvalue weighted by Gasteiger charge is 2.16. The summed E-state index contributed by atoms with van der Waals surface area (Å²) < 4.78 is 6.46. The van der Waals surface area contributed by atoms with Crippen LogP contribution >= 0.6 is 39.1 Å². The first kappa shape index (κ1) is 16.1. The Morgan fingerprint density at radius 3 is 2.71 bits per heavy atom. The van der Waals surface area contributed by atoms with E-state index >= 15 is 0 Å². The smallest absolute Gasteiger partial charge is 0.265 e. The minimum Gasteiger partial charge on any atom is -0.481 e. The van der Waals surface area contributed by atoms with Gasteiger partial charge < -0.3 is 10.1 Å². The molecule has 1 atom stereocenters. The highest BCUT2D eigenvalue weighted by Crippen LogP contribution is 2.26. The molecule has 0 heterocycles. The monoisotopic (exact) mass is 387 g/mol. The second-order valence-corrected chi connectivity index (χ2v) is 6.09. The first-order valence-corrected chi connectivity index (χ1v) is 7.69. The minimum atomic E-state index is -0.672. The zero-order chi connectivity index (χ0) is 15.4. The number of halogens is 3. The van der Waals surface area contributed by atoms with Gasteiger partial charge >= 0.3 is 0 Å². The number of amides is 1. The van der Waals surface area contributed by atoms with Gasteiger partial charge in [0.2, 0.25) is 0 Å². The third-order valence-electron chi connectivity index (χ3n) is 2.66. The maximum atomic E-state index is 12.1. The molecule has 2 aromatic carbocycles. The normalized spacial score (nSPS) is 11.8. The SMILES string of the molecule is C[C@@H](Oc1cccc(Br)c1)C(=O)Nc1cc(Cl)ccc1Cl. The van der Waals surface area contributed by atoms with E-state index in [2.05, 4.69) is 21.2 Å². The van der Waals surface area contributed by atoms with Crippen LogP contribution < -0.4 is 10.1 Å². The van der Waals surface area contributed by atoms with Crippen LogP contribution in [-0.2, 0) is 4.79 Å². The van der Waals surface area contributed by atoms with E-state index in [1.165, 1.54) is 0 Å². The summed E-state index contributed by atoms with van der Waals surface area (Å²) >= 11 is 15.2. The topological polar surface area (TPSA) is 38.3 Å². The minimum absolute atomic E-state index is 0.306. The fourth-order valence-electron chi connectivity index (χ4n) is 1.63. The molecule has 0 bridgehead atoms. The van der Waals surface area contributed by atoms with Crippen molar-refractivity contribution in [3.8, 4) is 5.75 Å². The molecule has 0 fully saturated rings. The molecule has 0 unspecified atom stereocenters. The lowest BCUT2D eigenvalue weighted by molar-refractivity contribution is -0.122. The third-order valence-corrected chi connectivity index (χ3v) is 3.72. The molecule has 1 N–H and O–H groups in total. The Morgan fingerprint density at radius 2 is 2.00 bits per heavy atom. The fraction of sp³-hybridized carbons (Fsp3) is 0.133. The first-order chi connectivity index (χ1) is 9.95. The molecule has 0 spiro atoms. The average molecular weight is 389 g/mol. The number of rotatable bonds is 4. The summed E-state index contributed by atoms with van der Waals surface area (Å²) in [5.41, 5.74) is 0.457. The highest BCUT2D eigenvalue weighted by atomic mass is 79.9. The molecule has 0 aliphatic carbocycles. The van der Waals surface area contributed by atoms with Gasteiger partial charge in [0.15, 0.2) is 6.10 Å². The van der Waals surface area contributed by atoms with Crippen molar-refractivity contribution in [2.75, 3.05) is 5.32 Å². The molecule has 6 heteroatoms. The number of carbonyl (C=O) groups is 1. The number of anilines is 1. The first-order valence-electron chi connectivity index (χ1n) is 6.14. The van der Waals surface area contributed by atoms with Crippen molar-refractivity contribution in [2.45, 2.75) is 13.0 Å². The Bertz CT molecular complexity index is 664. The van der Waals surface area contributed by atoms with Gasteiger partial charge in [-0.15, -0.1) is 0 Å². The van der Waals surface area contributed by atoms with E-state index in [9.17, 15) is 4.79 Å². The van der Waals surface area contributed by atoms with Crippen LogP contribution in [0.15, 0.2) is 46.9 Å². The van der Waals surface area contributed by atoms with Crippen LogP contribution in [0.3, 0.4) is 0 Å². The predicted molar refractivity (Wildman–Crippen MR) is 89.3 cm³/mol. The van der Waals surface area contributed by atoms with Gasteiger partial charge in [-0.3, -0.25) is 4.79 Å². The molecule has 0 radical (unpaired) electrons. The summed E-state index contributed by atoms with van der Waals surface area (Å²) in [6, 6.07) is 12.1. The van der Waals surface area contributed by atoms with E-state index in [-0.39, 0.29) is 5.91 Å². The lowest BCUT2D eigenvalue weighted by atomic mass is 10.3. The van der Waals surface area contributed by atoms with Crippen molar-refractivity contribution in [1.29, 1.82) is 0 Å². The molecule has 2 aromatic rings. The zero-order valence-corrected chi connectivity index (χ0v) is 14.2. The van der Waals surface area contributed by atoms with E-state index < -0.39 is 6.10 Å². The molecular weight excluding hydrogens is 377 g/mol. The van der Waals surface area contributed by atoms with Crippen molar-refractivity contribution in [2.24, 2.45) is 0 Å². The maximum absolute atomic E-state index is 12.1. The summed E-state index contributed by atoms with van der Waals surface area (Å²) in [6.45, 7) is 1.66. The quantitative estimate of drug-likeness (QED) is 0.785. The molecule has 3 nitrogen and oxygen atoms in total. The van der Waals surface area contributed by atoms with Gasteiger partial charge in [-0.1, -0.05) is 45.2 Å². The van der Waals surface area contributed by atoms with E-state index in [4.69, 9.17) is 27.9 Å². The summed E-state index contributed by atoms with van der Waals surface area (Å²) in [6.07, 6.45) is -0.672. The summed E-state index contributed by atoms with van der Waals surface area (Å²) in [7, 11) is 0. The van der Waals surface area contributed by atoms with E-state index in [0.717, 1.165) is 4.47 Å². The highest BCUT2D eigenvalue weighted by molar-refractivity contribution is 9.10. The molecule has 0 saturated heterocycles. The maximum Gasteiger partial charge on any atom is 0.265 e. The van der Waals surface area contributed by atoms with E-state index in [0.29, 0.717) is 21.5 Å². The van der Waals surface area contributed by atoms with Crippen LogP contribution in [0.5, 0.6) is 5.75 Å². The lowest BCUT2D eigenvalue weighted by Crippen LogP contribution is -2.30. The van der Waals surface area contributed by atoms with E-state index in [1.54, 1.807) is 37.3 Å². The largest absolute Gasteiger partial charge is 0.481 e. The van der Waals surface area contributed by atoms with Gasteiger partial charge in [-0.2, -0.15) is 0 Å². The van der Waals surface area contributed by atoms with Crippen molar-refractivity contribution < 1.29 is 9.53 Å². The van der Waals surface area contributed by atoms with Crippen LogP contribution in [-0.4, -0.2) is 12.0 Å². The van der Waals surface area contributed by atoms with Crippen LogP contribution in [0, 0.1) is 0 Å². The molecule has 0 aliphatic heterocycles. The van der Waals surface area contributed by atoms with Gasteiger partial charge in [0.25, 0.3) is 5.91 Å². The Balaban J connectivity index is 2.04. The number of hydrogen-bond acceptors (Lipinski definition) is 2. The Labute approximate surface area is 141 Å². The Hall–Kier alpha value is -1.23. The second-order valence-electron chi connectivity index (χ2n) is 4.33. The van der Waals surface area contributed by atoms with Crippen molar-refractivity contribution in [3.05, 3.63) is 57.0 Å². The summed E-state index contributed by atoms with van der Waals surface area (Å²) in [5, 5.41) is 3.61. The zero-order valence-electron chi connectivity index (χ0n) is 11.1. The van der Waals surface area contributed by atoms with Crippen LogP contribution in [0.2, 0.25) is 10.0 Å². The van der Waals surface area contributed by atoms with Gasteiger partial charge in [-0.05, 0) is 43.3 Å². The van der Waals surface area contributed by atoms with Gasteiger partial charge in [0, 0.05) is 9.50 Å². The van der Waals surface area contributed by atoms with Crippen molar-refractivity contribution in [3.63, 3.8) is 0 Å². The Morgan fingerprint density at radius 1 is 1.24 bits per heavy atom. The van der Waals surface area contributed by atoms with E-state index in [1.807, 2.05) is 12.1 Å². The summed E-state index contributed by atoms with van der Waals surface area (Å²) in [4.78, 5) is 12.1. The van der Waals surface area contributed by atoms with Gasteiger partial charge in [-0.25, -0.2) is 0 Å². The molecule has 0 saturated carbocycles. The second kappa shape index (κ2) is 7.16. The average Bonchev–Trinajstić information content (AvgIpc) is 2.43. The number of nitrogens with one attached hydrogen (secondary N) is 1. The number of carbonyl (C=O) groups excluding carboxylic acids is 1. The molecule has 0 aliphatic rings. The molecule has 110 valence electrons. The van der Waals surface area contributed by atoms with Gasteiger partial charge in [0.1, 0.15) is 5.75 Å². The van der Waals surface area contributed by atoms with Crippen LogP contribution in [0.25, 0.3) is 0 Å². The number of benzene rings is 2. The Kier molecular flexibility index (Phi) is 5.51.